The highest BCUT2D eigenvalue weighted by Crippen LogP contribution is 2.36. The molecule has 2 aromatic carbocycles. The number of benzene rings is 2. The van der Waals surface area contributed by atoms with Crippen LogP contribution in [0.1, 0.15) is 0 Å². The molecule has 1 aromatic heterocycles. The molecule has 21 heavy (non-hydrogen) atoms. The first-order valence-electron chi connectivity index (χ1n) is 6.42. The second-order valence-corrected chi connectivity index (χ2v) is 6.37. The number of halogens is 1. The summed E-state index contributed by atoms with van der Waals surface area (Å²) in [6.07, 6.45) is 0. The third-order valence-corrected chi connectivity index (χ3v) is 4.53. The molecule has 0 radical (unpaired) electrons. The molecule has 4 heteroatoms. The summed E-state index contributed by atoms with van der Waals surface area (Å²) in [4.78, 5) is 1.17. The van der Waals surface area contributed by atoms with Crippen molar-refractivity contribution >= 4 is 27.3 Å². The fourth-order valence-corrected chi connectivity index (χ4v) is 3.05. The van der Waals surface area contributed by atoms with E-state index < -0.39 is 0 Å². The van der Waals surface area contributed by atoms with Gasteiger partial charge < -0.3 is 9.47 Å². The molecule has 0 atom stereocenters. The van der Waals surface area contributed by atoms with Crippen LogP contribution < -0.4 is 9.47 Å². The van der Waals surface area contributed by atoms with E-state index in [0.29, 0.717) is 0 Å². The van der Waals surface area contributed by atoms with Gasteiger partial charge in [-0.25, -0.2) is 0 Å². The normalized spacial score (nSPS) is 10.4. The quantitative estimate of drug-likeness (QED) is 0.569. The molecule has 0 unspecified atom stereocenters. The Morgan fingerprint density at radius 3 is 2.14 bits per heavy atom. The van der Waals surface area contributed by atoms with Gasteiger partial charge in [-0.1, -0.05) is 27.3 Å². The molecule has 0 spiro atoms. The molecule has 3 rings (SSSR count). The number of methoxy groups -OCH3 is 1. The highest BCUT2D eigenvalue weighted by molar-refractivity contribution is 9.10. The van der Waals surface area contributed by atoms with Gasteiger partial charge in [0.05, 0.1) is 7.11 Å². The molecule has 0 amide bonds. The number of ether oxygens (including phenoxy) is 2. The number of rotatable bonds is 4. The van der Waals surface area contributed by atoms with Crippen molar-refractivity contribution in [2.75, 3.05) is 7.11 Å². The largest absolute Gasteiger partial charge is 0.497 e. The Morgan fingerprint density at radius 2 is 1.48 bits per heavy atom. The van der Waals surface area contributed by atoms with Crippen molar-refractivity contribution in [2.45, 2.75) is 0 Å². The Labute approximate surface area is 136 Å². The topological polar surface area (TPSA) is 18.5 Å². The third-order valence-electron chi connectivity index (χ3n) is 2.99. The first-order valence-corrected chi connectivity index (χ1v) is 8.03. The zero-order chi connectivity index (χ0) is 14.7. The first kappa shape index (κ1) is 14.2. The van der Waals surface area contributed by atoms with Crippen LogP contribution in [0.25, 0.3) is 10.4 Å². The minimum atomic E-state index is 0.835. The molecule has 0 saturated heterocycles. The van der Waals surface area contributed by atoms with E-state index in [1.165, 1.54) is 4.88 Å². The molecule has 2 nitrogen and oxygen atoms in total. The van der Waals surface area contributed by atoms with Gasteiger partial charge in [-0.3, -0.25) is 0 Å². The molecule has 1 heterocycles. The van der Waals surface area contributed by atoms with Crippen LogP contribution in [0.4, 0.5) is 0 Å². The third kappa shape index (κ3) is 3.46. The SMILES string of the molecule is COc1ccc(-c2ccc(Oc3ccc(Br)cc3)s2)cc1. The van der Waals surface area contributed by atoms with E-state index in [-0.39, 0.29) is 0 Å². The lowest BCUT2D eigenvalue weighted by molar-refractivity contribution is 0.415. The maximum Gasteiger partial charge on any atom is 0.181 e. The van der Waals surface area contributed by atoms with Crippen molar-refractivity contribution in [1.82, 2.24) is 0 Å². The van der Waals surface area contributed by atoms with Crippen LogP contribution in [0.5, 0.6) is 16.6 Å². The molecule has 0 saturated carbocycles. The molecule has 0 fully saturated rings. The molecule has 0 aliphatic heterocycles. The van der Waals surface area contributed by atoms with Crippen molar-refractivity contribution in [3.8, 4) is 27.0 Å². The Balaban J connectivity index is 1.77. The Bertz CT molecular complexity index is 717. The van der Waals surface area contributed by atoms with Crippen molar-refractivity contribution in [3.05, 3.63) is 65.1 Å². The van der Waals surface area contributed by atoms with Crippen LogP contribution in [0.3, 0.4) is 0 Å². The predicted molar refractivity (Wildman–Crippen MR) is 90.5 cm³/mol. The first-order chi connectivity index (χ1) is 10.2. The average molecular weight is 361 g/mol. The summed E-state index contributed by atoms with van der Waals surface area (Å²) in [5.41, 5.74) is 1.16. The van der Waals surface area contributed by atoms with Crippen LogP contribution in [0, 0.1) is 0 Å². The van der Waals surface area contributed by atoms with Crippen LogP contribution >= 0.6 is 27.3 Å². The zero-order valence-electron chi connectivity index (χ0n) is 11.4. The zero-order valence-corrected chi connectivity index (χ0v) is 13.8. The van der Waals surface area contributed by atoms with Crippen LogP contribution in [-0.4, -0.2) is 7.11 Å². The highest BCUT2D eigenvalue weighted by atomic mass is 79.9. The molecule has 0 aliphatic carbocycles. The molecule has 3 aromatic rings. The summed E-state index contributed by atoms with van der Waals surface area (Å²) < 4.78 is 12.1. The lowest BCUT2D eigenvalue weighted by Crippen LogP contribution is -1.81. The second kappa shape index (κ2) is 6.33. The predicted octanol–water partition coefficient (Wildman–Crippen LogP) is 5.98. The van der Waals surface area contributed by atoms with Gasteiger partial charge in [0.1, 0.15) is 11.5 Å². The maximum atomic E-state index is 5.85. The van der Waals surface area contributed by atoms with Crippen molar-refractivity contribution in [1.29, 1.82) is 0 Å². The van der Waals surface area contributed by atoms with E-state index in [2.05, 4.69) is 22.0 Å². The van der Waals surface area contributed by atoms with E-state index >= 15 is 0 Å². The second-order valence-electron chi connectivity index (χ2n) is 4.40. The van der Waals surface area contributed by atoms with Crippen molar-refractivity contribution in [3.63, 3.8) is 0 Å². The fourth-order valence-electron chi connectivity index (χ4n) is 1.90. The Kier molecular flexibility index (Phi) is 4.27. The Morgan fingerprint density at radius 1 is 0.810 bits per heavy atom. The summed E-state index contributed by atoms with van der Waals surface area (Å²) >= 11 is 5.04. The smallest absolute Gasteiger partial charge is 0.181 e. The van der Waals surface area contributed by atoms with Crippen LogP contribution in [0.15, 0.2) is 65.1 Å². The maximum absolute atomic E-state index is 5.85. The summed E-state index contributed by atoms with van der Waals surface area (Å²) in [5, 5.41) is 0.878. The fraction of sp³-hybridized carbons (Fsp3) is 0.0588. The minimum absolute atomic E-state index is 0.835. The molecular weight excluding hydrogens is 348 g/mol. The number of thiophene rings is 1. The molecule has 0 N–H and O–H groups in total. The summed E-state index contributed by atoms with van der Waals surface area (Å²) in [7, 11) is 1.67. The van der Waals surface area contributed by atoms with Gasteiger partial charge >= 0.3 is 0 Å². The van der Waals surface area contributed by atoms with Gasteiger partial charge in [-0.2, -0.15) is 0 Å². The van der Waals surface area contributed by atoms with Gasteiger partial charge in [0.25, 0.3) is 0 Å². The van der Waals surface area contributed by atoms with Crippen molar-refractivity contribution < 1.29 is 9.47 Å². The van der Waals surface area contributed by atoms with Crippen molar-refractivity contribution in [2.24, 2.45) is 0 Å². The van der Waals surface area contributed by atoms with E-state index in [1.807, 2.05) is 54.6 Å². The highest BCUT2D eigenvalue weighted by Gasteiger charge is 2.05. The number of hydrogen-bond acceptors (Lipinski definition) is 3. The van der Waals surface area contributed by atoms with E-state index in [9.17, 15) is 0 Å². The molecule has 0 aliphatic rings. The van der Waals surface area contributed by atoms with Gasteiger partial charge in [0, 0.05) is 9.35 Å². The van der Waals surface area contributed by atoms with Crippen LogP contribution in [-0.2, 0) is 0 Å². The van der Waals surface area contributed by atoms with E-state index in [4.69, 9.17) is 9.47 Å². The molecule has 106 valence electrons. The number of hydrogen-bond donors (Lipinski definition) is 0. The molecular formula is C17H13BrO2S. The minimum Gasteiger partial charge on any atom is -0.497 e. The van der Waals surface area contributed by atoms with Gasteiger partial charge in [-0.15, -0.1) is 0 Å². The summed E-state index contributed by atoms with van der Waals surface area (Å²) in [6.45, 7) is 0. The van der Waals surface area contributed by atoms with Gasteiger partial charge in [0.15, 0.2) is 5.06 Å². The van der Waals surface area contributed by atoms with E-state index in [1.54, 1.807) is 18.4 Å². The van der Waals surface area contributed by atoms with Crippen LogP contribution in [0.2, 0.25) is 0 Å². The lowest BCUT2D eigenvalue weighted by Gasteiger charge is -2.03. The summed E-state index contributed by atoms with van der Waals surface area (Å²) in [6, 6.07) is 19.9. The van der Waals surface area contributed by atoms with Gasteiger partial charge in [0.2, 0.25) is 0 Å². The summed E-state index contributed by atoms with van der Waals surface area (Å²) in [5.74, 6) is 1.70. The van der Waals surface area contributed by atoms with E-state index in [0.717, 1.165) is 26.6 Å². The average Bonchev–Trinajstić information content (AvgIpc) is 2.98. The monoisotopic (exact) mass is 360 g/mol. The standard InChI is InChI=1S/C17H13BrO2S/c1-19-14-6-2-12(3-7-14)16-10-11-17(21-16)20-15-8-4-13(18)5-9-15/h2-11H,1H3. The van der Waals surface area contributed by atoms with Gasteiger partial charge in [-0.05, 0) is 66.2 Å². The molecule has 0 bridgehead atoms. The Hall–Kier alpha value is -1.78. The lowest BCUT2D eigenvalue weighted by atomic mass is 10.2.